The molecule has 0 aliphatic heterocycles. The van der Waals surface area contributed by atoms with Gasteiger partial charge in [-0.2, -0.15) is 5.26 Å². The van der Waals surface area contributed by atoms with Crippen molar-refractivity contribution in [3.8, 4) is 11.8 Å². The third kappa shape index (κ3) is 2.84. The number of nitrogens with zero attached hydrogens (tertiary/aromatic N) is 4. The van der Waals surface area contributed by atoms with E-state index in [1.165, 1.54) is 5.56 Å². The molecular formula is C16H14N4O. The topological polar surface area (TPSA) is 63.2 Å². The first-order valence-electron chi connectivity index (χ1n) is 6.69. The molecule has 0 aliphatic carbocycles. The van der Waals surface area contributed by atoms with Crippen molar-refractivity contribution in [2.75, 3.05) is 6.61 Å². The van der Waals surface area contributed by atoms with E-state index in [9.17, 15) is 0 Å². The first-order valence-corrected chi connectivity index (χ1v) is 6.69. The summed E-state index contributed by atoms with van der Waals surface area (Å²) in [5.41, 5.74) is 2.49. The number of rotatable bonds is 4. The van der Waals surface area contributed by atoms with Gasteiger partial charge in [-0.25, -0.2) is 0 Å². The normalized spacial score (nSPS) is 10.5. The van der Waals surface area contributed by atoms with Crippen molar-refractivity contribution in [2.24, 2.45) is 0 Å². The number of hydrogen-bond acceptors (Lipinski definition) is 4. The van der Waals surface area contributed by atoms with Crippen LogP contribution in [0.15, 0.2) is 42.6 Å². The van der Waals surface area contributed by atoms with Gasteiger partial charge in [0.25, 0.3) is 0 Å². The van der Waals surface area contributed by atoms with E-state index in [-0.39, 0.29) is 0 Å². The Morgan fingerprint density at radius 2 is 2.14 bits per heavy atom. The highest BCUT2D eigenvalue weighted by Gasteiger charge is 2.06. The van der Waals surface area contributed by atoms with Gasteiger partial charge in [-0.1, -0.05) is 12.1 Å². The maximum atomic E-state index is 8.95. The first-order chi connectivity index (χ1) is 10.3. The van der Waals surface area contributed by atoms with Crippen molar-refractivity contribution < 1.29 is 4.74 Å². The summed E-state index contributed by atoms with van der Waals surface area (Å²) in [4.78, 5) is 0. The van der Waals surface area contributed by atoms with Gasteiger partial charge in [0.05, 0.1) is 12.2 Å². The van der Waals surface area contributed by atoms with E-state index in [1.54, 1.807) is 18.3 Å². The van der Waals surface area contributed by atoms with Gasteiger partial charge in [0.15, 0.2) is 5.65 Å². The van der Waals surface area contributed by atoms with Crippen LogP contribution in [0.4, 0.5) is 0 Å². The molecule has 3 aromatic rings. The van der Waals surface area contributed by atoms with E-state index in [0.29, 0.717) is 18.6 Å². The molecule has 1 aromatic carbocycles. The number of ether oxygens (including phenoxy) is 1. The van der Waals surface area contributed by atoms with Crippen LogP contribution in [0.5, 0.6) is 5.75 Å². The molecule has 5 heteroatoms. The van der Waals surface area contributed by atoms with Crippen LogP contribution in [-0.2, 0) is 6.42 Å². The second-order valence-corrected chi connectivity index (χ2v) is 4.79. The summed E-state index contributed by atoms with van der Waals surface area (Å²) in [6.45, 7) is 2.54. The minimum atomic E-state index is 0.515. The first kappa shape index (κ1) is 13.1. The molecular weight excluding hydrogens is 264 g/mol. The molecule has 3 rings (SSSR count). The number of aryl methyl sites for hydroxylation is 1. The SMILES string of the molecule is Cc1cccc(OCCc2nnc3ccc(C#N)cn23)c1. The highest BCUT2D eigenvalue weighted by molar-refractivity contribution is 5.42. The van der Waals surface area contributed by atoms with Crippen molar-refractivity contribution >= 4 is 5.65 Å². The molecule has 0 atom stereocenters. The van der Waals surface area contributed by atoms with Gasteiger partial charge in [0.1, 0.15) is 17.6 Å². The average molecular weight is 278 g/mol. The summed E-state index contributed by atoms with van der Waals surface area (Å²) in [5.74, 6) is 1.64. The fraction of sp³-hybridized carbons (Fsp3) is 0.188. The zero-order valence-corrected chi connectivity index (χ0v) is 11.7. The van der Waals surface area contributed by atoms with Gasteiger partial charge in [-0.05, 0) is 36.8 Å². The highest BCUT2D eigenvalue weighted by atomic mass is 16.5. The summed E-state index contributed by atoms with van der Waals surface area (Å²) in [6, 6.07) is 13.6. The minimum Gasteiger partial charge on any atom is -0.493 e. The van der Waals surface area contributed by atoms with Crippen LogP contribution in [0.1, 0.15) is 17.0 Å². The van der Waals surface area contributed by atoms with E-state index in [2.05, 4.69) is 16.3 Å². The Morgan fingerprint density at radius 3 is 2.95 bits per heavy atom. The Kier molecular flexibility index (Phi) is 3.52. The van der Waals surface area contributed by atoms with Gasteiger partial charge in [0, 0.05) is 12.6 Å². The molecule has 0 N–H and O–H groups in total. The molecule has 0 fully saturated rings. The Labute approximate surface area is 122 Å². The van der Waals surface area contributed by atoms with Gasteiger partial charge in [-0.15, -0.1) is 10.2 Å². The van der Waals surface area contributed by atoms with Crippen molar-refractivity contribution in [3.63, 3.8) is 0 Å². The lowest BCUT2D eigenvalue weighted by Gasteiger charge is -2.06. The second kappa shape index (κ2) is 5.63. The predicted octanol–water partition coefficient (Wildman–Crippen LogP) is 2.53. The third-order valence-electron chi connectivity index (χ3n) is 3.19. The van der Waals surface area contributed by atoms with Crippen LogP contribution in [0.25, 0.3) is 5.65 Å². The average Bonchev–Trinajstić information content (AvgIpc) is 2.90. The molecule has 104 valence electrons. The smallest absolute Gasteiger partial charge is 0.160 e. The molecule has 0 aliphatic rings. The molecule has 2 aromatic heterocycles. The predicted molar refractivity (Wildman–Crippen MR) is 78.1 cm³/mol. The molecule has 0 radical (unpaired) electrons. The fourth-order valence-electron chi connectivity index (χ4n) is 2.14. The molecule has 21 heavy (non-hydrogen) atoms. The lowest BCUT2D eigenvalue weighted by Crippen LogP contribution is -2.05. The fourth-order valence-corrected chi connectivity index (χ4v) is 2.14. The van der Waals surface area contributed by atoms with Crippen molar-refractivity contribution in [3.05, 3.63) is 59.5 Å². The second-order valence-electron chi connectivity index (χ2n) is 4.79. The largest absolute Gasteiger partial charge is 0.493 e. The monoisotopic (exact) mass is 278 g/mol. The number of hydrogen-bond donors (Lipinski definition) is 0. The van der Waals surface area contributed by atoms with Crippen molar-refractivity contribution in [1.29, 1.82) is 5.26 Å². The number of pyridine rings is 1. The quantitative estimate of drug-likeness (QED) is 0.735. The minimum absolute atomic E-state index is 0.515. The van der Waals surface area contributed by atoms with Gasteiger partial charge >= 0.3 is 0 Å². The van der Waals surface area contributed by atoms with Crippen LogP contribution in [0, 0.1) is 18.3 Å². The summed E-state index contributed by atoms with van der Waals surface area (Å²) in [7, 11) is 0. The van der Waals surface area contributed by atoms with Gasteiger partial charge < -0.3 is 4.74 Å². The zero-order valence-electron chi connectivity index (χ0n) is 11.7. The van der Waals surface area contributed by atoms with E-state index in [1.807, 2.05) is 35.6 Å². The van der Waals surface area contributed by atoms with E-state index in [4.69, 9.17) is 10.00 Å². The number of nitriles is 1. The Hall–Kier alpha value is -2.87. The van der Waals surface area contributed by atoms with Crippen LogP contribution >= 0.6 is 0 Å². The summed E-state index contributed by atoms with van der Waals surface area (Å²) in [6.07, 6.45) is 2.38. The summed E-state index contributed by atoms with van der Waals surface area (Å²) in [5, 5.41) is 17.2. The van der Waals surface area contributed by atoms with Gasteiger partial charge in [0.2, 0.25) is 0 Å². The third-order valence-corrected chi connectivity index (χ3v) is 3.19. The molecule has 0 amide bonds. The Bertz CT molecular complexity index is 817. The Balaban J connectivity index is 1.72. The highest BCUT2D eigenvalue weighted by Crippen LogP contribution is 2.13. The van der Waals surface area contributed by atoms with Crippen molar-refractivity contribution in [2.45, 2.75) is 13.3 Å². The number of benzene rings is 1. The Morgan fingerprint density at radius 1 is 1.24 bits per heavy atom. The van der Waals surface area contributed by atoms with E-state index in [0.717, 1.165) is 17.2 Å². The van der Waals surface area contributed by atoms with Crippen LogP contribution in [0.3, 0.4) is 0 Å². The molecule has 0 saturated carbocycles. The van der Waals surface area contributed by atoms with E-state index >= 15 is 0 Å². The maximum Gasteiger partial charge on any atom is 0.160 e. The standard InChI is InChI=1S/C16H14N4O/c1-12-3-2-4-14(9-12)21-8-7-16-19-18-15-6-5-13(10-17)11-20(15)16/h2-6,9,11H,7-8H2,1H3. The molecule has 0 bridgehead atoms. The molecule has 2 heterocycles. The zero-order chi connectivity index (χ0) is 14.7. The molecule has 0 saturated heterocycles. The number of fused-ring (bicyclic) bond motifs is 1. The van der Waals surface area contributed by atoms with Gasteiger partial charge in [-0.3, -0.25) is 4.40 Å². The molecule has 0 spiro atoms. The van der Waals surface area contributed by atoms with Crippen LogP contribution < -0.4 is 4.74 Å². The lowest BCUT2D eigenvalue weighted by molar-refractivity contribution is 0.318. The van der Waals surface area contributed by atoms with Crippen molar-refractivity contribution in [1.82, 2.24) is 14.6 Å². The molecule has 0 unspecified atom stereocenters. The maximum absolute atomic E-state index is 8.95. The lowest BCUT2D eigenvalue weighted by atomic mass is 10.2. The van der Waals surface area contributed by atoms with E-state index < -0.39 is 0 Å². The molecule has 5 nitrogen and oxygen atoms in total. The number of aromatic nitrogens is 3. The van der Waals surface area contributed by atoms with Crippen LogP contribution in [0.2, 0.25) is 0 Å². The van der Waals surface area contributed by atoms with Crippen LogP contribution in [-0.4, -0.2) is 21.2 Å². The summed E-state index contributed by atoms with van der Waals surface area (Å²) < 4.78 is 7.55. The summed E-state index contributed by atoms with van der Waals surface area (Å²) >= 11 is 0.